The van der Waals surface area contributed by atoms with E-state index < -0.39 is 0 Å². The van der Waals surface area contributed by atoms with Crippen molar-refractivity contribution in [3.05, 3.63) is 35.5 Å². The van der Waals surface area contributed by atoms with Gasteiger partial charge in [0.2, 0.25) is 0 Å². The molecule has 0 aromatic heterocycles. The lowest BCUT2D eigenvalue weighted by Crippen LogP contribution is -2.28. The summed E-state index contributed by atoms with van der Waals surface area (Å²) in [6.07, 6.45) is 9.06. The Morgan fingerprint density at radius 2 is 2.38 bits per heavy atom. The minimum Gasteiger partial charge on any atom is -0.372 e. The van der Waals surface area contributed by atoms with Crippen LogP contribution in [0.15, 0.2) is 35.5 Å². The van der Waals surface area contributed by atoms with E-state index in [0.29, 0.717) is 12.0 Å². The highest BCUT2D eigenvalue weighted by Gasteiger charge is 2.31. The van der Waals surface area contributed by atoms with Gasteiger partial charge in [-0.15, -0.1) is 0 Å². The molecule has 0 bridgehead atoms. The van der Waals surface area contributed by atoms with E-state index in [1.165, 1.54) is 11.1 Å². The summed E-state index contributed by atoms with van der Waals surface area (Å²) in [7, 11) is 0. The van der Waals surface area contributed by atoms with Crippen LogP contribution in [0.25, 0.3) is 0 Å². The van der Waals surface area contributed by atoms with Gasteiger partial charge >= 0.3 is 0 Å². The van der Waals surface area contributed by atoms with Crippen LogP contribution in [-0.4, -0.2) is 25.8 Å². The normalized spacial score (nSPS) is 36.3. The molecule has 1 aliphatic carbocycles. The first-order valence-corrected chi connectivity index (χ1v) is 4.85. The minimum atomic E-state index is 0.349. The molecule has 68 valence electrons. The van der Waals surface area contributed by atoms with Gasteiger partial charge < -0.3 is 10.1 Å². The molecule has 0 amide bonds. The molecule has 1 fully saturated rings. The highest BCUT2D eigenvalue weighted by molar-refractivity contribution is 5.41. The van der Waals surface area contributed by atoms with Gasteiger partial charge in [-0.25, -0.2) is 0 Å². The van der Waals surface area contributed by atoms with Crippen molar-refractivity contribution in [3.63, 3.8) is 0 Å². The lowest BCUT2D eigenvalue weighted by molar-refractivity contribution is 0.0652. The maximum absolute atomic E-state index is 5.77. The smallest absolute Gasteiger partial charge is 0.0928 e. The van der Waals surface area contributed by atoms with Crippen LogP contribution < -0.4 is 5.32 Å². The number of allylic oxidation sites excluding steroid dienone is 3. The lowest BCUT2D eigenvalue weighted by atomic mass is 9.88. The van der Waals surface area contributed by atoms with Crippen molar-refractivity contribution in [1.82, 2.24) is 5.32 Å². The Kier molecular flexibility index (Phi) is 1.64. The van der Waals surface area contributed by atoms with Gasteiger partial charge in [-0.3, -0.25) is 0 Å². The molecule has 2 unspecified atom stereocenters. The standard InChI is InChI=1S/C11H13NO/c1-2-4-9-8(3-1)7-13-11-6-12-5-10(9)11/h1-4,8,11-12H,5-7H2. The summed E-state index contributed by atoms with van der Waals surface area (Å²) in [6, 6.07) is 0. The Hall–Kier alpha value is -0.860. The van der Waals surface area contributed by atoms with Gasteiger partial charge in [0, 0.05) is 19.0 Å². The summed E-state index contributed by atoms with van der Waals surface area (Å²) in [5.74, 6) is 0.510. The van der Waals surface area contributed by atoms with Crippen molar-refractivity contribution in [2.75, 3.05) is 19.7 Å². The van der Waals surface area contributed by atoms with E-state index >= 15 is 0 Å². The van der Waals surface area contributed by atoms with Gasteiger partial charge in [-0.05, 0) is 11.1 Å². The number of nitrogens with one attached hydrogen (secondary N) is 1. The van der Waals surface area contributed by atoms with E-state index in [4.69, 9.17) is 4.74 Å². The summed E-state index contributed by atoms with van der Waals surface area (Å²) in [4.78, 5) is 0. The van der Waals surface area contributed by atoms with Crippen LogP contribution in [0.5, 0.6) is 0 Å². The SMILES string of the molecule is C1=CC2=C3CNCC3OCC2C=C1. The van der Waals surface area contributed by atoms with Gasteiger partial charge in [0.05, 0.1) is 12.7 Å². The molecule has 3 rings (SSSR count). The summed E-state index contributed by atoms with van der Waals surface area (Å²) < 4.78 is 5.77. The Bertz CT molecular complexity index is 314. The fraction of sp³-hybridized carbons (Fsp3) is 0.455. The first kappa shape index (κ1) is 7.54. The Morgan fingerprint density at radius 1 is 1.38 bits per heavy atom. The molecule has 0 aromatic carbocycles. The maximum Gasteiger partial charge on any atom is 0.0928 e. The molecule has 0 spiro atoms. The van der Waals surface area contributed by atoms with Crippen LogP contribution in [0, 0.1) is 5.92 Å². The van der Waals surface area contributed by atoms with Crippen molar-refractivity contribution >= 4 is 0 Å². The zero-order valence-corrected chi connectivity index (χ0v) is 7.49. The number of ether oxygens (including phenoxy) is 1. The van der Waals surface area contributed by atoms with Crippen LogP contribution in [0.2, 0.25) is 0 Å². The third-order valence-electron chi connectivity index (χ3n) is 3.01. The first-order chi connectivity index (χ1) is 6.45. The summed E-state index contributed by atoms with van der Waals surface area (Å²) >= 11 is 0. The van der Waals surface area contributed by atoms with Crippen molar-refractivity contribution < 1.29 is 4.74 Å². The highest BCUT2D eigenvalue weighted by atomic mass is 16.5. The van der Waals surface area contributed by atoms with E-state index in [1.807, 2.05) is 0 Å². The fourth-order valence-corrected chi connectivity index (χ4v) is 2.32. The zero-order valence-electron chi connectivity index (χ0n) is 7.49. The van der Waals surface area contributed by atoms with Crippen LogP contribution in [-0.2, 0) is 4.74 Å². The number of hydrogen-bond acceptors (Lipinski definition) is 2. The van der Waals surface area contributed by atoms with Crippen LogP contribution in [0.1, 0.15) is 0 Å². The van der Waals surface area contributed by atoms with Gasteiger partial charge in [-0.1, -0.05) is 24.3 Å². The van der Waals surface area contributed by atoms with E-state index in [-0.39, 0.29) is 0 Å². The summed E-state index contributed by atoms with van der Waals surface area (Å²) in [5, 5.41) is 3.36. The average molecular weight is 175 g/mol. The van der Waals surface area contributed by atoms with Crippen LogP contribution in [0.4, 0.5) is 0 Å². The van der Waals surface area contributed by atoms with E-state index in [1.54, 1.807) is 0 Å². The molecule has 3 aliphatic rings. The molecule has 13 heavy (non-hydrogen) atoms. The van der Waals surface area contributed by atoms with E-state index in [0.717, 1.165) is 19.7 Å². The van der Waals surface area contributed by atoms with Gasteiger partial charge in [0.15, 0.2) is 0 Å². The molecular formula is C11H13NO. The van der Waals surface area contributed by atoms with Crippen molar-refractivity contribution in [3.8, 4) is 0 Å². The Morgan fingerprint density at radius 3 is 3.38 bits per heavy atom. The summed E-state index contributed by atoms with van der Waals surface area (Å²) in [5.41, 5.74) is 2.96. The van der Waals surface area contributed by atoms with E-state index in [2.05, 4.69) is 29.6 Å². The quantitative estimate of drug-likeness (QED) is 0.593. The third kappa shape index (κ3) is 1.10. The molecule has 0 radical (unpaired) electrons. The molecule has 2 atom stereocenters. The molecule has 2 heteroatoms. The predicted octanol–water partition coefficient (Wildman–Crippen LogP) is 1.03. The second-order valence-corrected chi connectivity index (χ2v) is 3.78. The fourth-order valence-electron chi connectivity index (χ4n) is 2.32. The molecule has 0 saturated carbocycles. The monoisotopic (exact) mass is 175 g/mol. The van der Waals surface area contributed by atoms with E-state index in [9.17, 15) is 0 Å². The average Bonchev–Trinajstić information content (AvgIpc) is 2.65. The Labute approximate surface area is 78.0 Å². The highest BCUT2D eigenvalue weighted by Crippen LogP contribution is 2.31. The molecule has 1 saturated heterocycles. The molecule has 1 N–H and O–H groups in total. The zero-order chi connectivity index (χ0) is 8.67. The van der Waals surface area contributed by atoms with Crippen molar-refractivity contribution in [1.29, 1.82) is 0 Å². The maximum atomic E-state index is 5.77. The summed E-state index contributed by atoms with van der Waals surface area (Å²) in [6.45, 7) is 2.85. The second kappa shape index (κ2) is 2.82. The van der Waals surface area contributed by atoms with Gasteiger partial charge in [0.1, 0.15) is 0 Å². The molecular weight excluding hydrogens is 162 g/mol. The topological polar surface area (TPSA) is 21.3 Å². The molecule has 0 aromatic rings. The van der Waals surface area contributed by atoms with Gasteiger partial charge in [0.25, 0.3) is 0 Å². The molecule has 2 heterocycles. The number of rotatable bonds is 0. The van der Waals surface area contributed by atoms with Crippen LogP contribution in [0.3, 0.4) is 0 Å². The lowest BCUT2D eigenvalue weighted by Gasteiger charge is -2.28. The molecule has 2 aliphatic heterocycles. The second-order valence-electron chi connectivity index (χ2n) is 3.78. The predicted molar refractivity (Wildman–Crippen MR) is 51.4 cm³/mol. The third-order valence-corrected chi connectivity index (χ3v) is 3.01. The first-order valence-electron chi connectivity index (χ1n) is 4.85. The number of fused-ring (bicyclic) bond motifs is 2. The largest absolute Gasteiger partial charge is 0.372 e. The van der Waals surface area contributed by atoms with Gasteiger partial charge in [-0.2, -0.15) is 0 Å². The van der Waals surface area contributed by atoms with Crippen molar-refractivity contribution in [2.45, 2.75) is 6.10 Å². The molecule has 2 nitrogen and oxygen atoms in total. The van der Waals surface area contributed by atoms with Crippen LogP contribution >= 0.6 is 0 Å². The Balaban J connectivity index is 2.05. The number of hydrogen-bond donors (Lipinski definition) is 1. The minimum absolute atomic E-state index is 0.349. The van der Waals surface area contributed by atoms with Crippen molar-refractivity contribution in [2.24, 2.45) is 5.92 Å².